The standard InChI is InChI=1S/C24H33N3O4/c1-5-24(3,4)27(22(30)17-9-7-6-8-10-17)20-15-21(29)26(23(20)31)19-13-11-18(12-14-19)25-16(2)28/h11-14,17,20H,5-10,15H2,1-4H3,(H,25,28). The van der Waals surface area contributed by atoms with E-state index in [9.17, 15) is 19.2 Å². The minimum atomic E-state index is -0.785. The van der Waals surface area contributed by atoms with Crippen LogP contribution in [0.4, 0.5) is 11.4 Å². The SMILES string of the molecule is CCC(C)(C)N(C(=O)C1CCCCC1)C1CC(=O)N(c2ccc(NC(C)=O)cc2)C1=O. The number of carbonyl (C=O) groups excluding carboxylic acids is 4. The molecule has 1 heterocycles. The lowest BCUT2D eigenvalue weighted by atomic mass is 9.85. The molecule has 1 aromatic carbocycles. The highest BCUT2D eigenvalue weighted by Crippen LogP contribution is 2.35. The molecule has 1 N–H and O–H groups in total. The number of carbonyl (C=O) groups is 4. The van der Waals surface area contributed by atoms with Gasteiger partial charge in [-0.15, -0.1) is 0 Å². The number of nitrogens with one attached hydrogen (secondary N) is 1. The largest absolute Gasteiger partial charge is 0.326 e. The van der Waals surface area contributed by atoms with E-state index < -0.39 is 11.6 Å². The van der Waals surface area contributed by atoms with Crippen molar-refractivity contribution in [3.8, 4) is 0 Å². The van der Waals surface area contributed by atoms with Crippen molar-refractivity contribution in [1.82, 2.24) is 4.90 Å². The van der Waals surface area contributed by atoms with Gasteiger partial charge < -0.3 is 10.2 Å². The van der Waals surface area contributed by atoms with Gasteiger partial charge in [-0.3, -0.25) is 19.2 Å². The van der Waals surface area contributed by atoms with Gasteiger partial charge in [-0.25, -0.2) is 4.90 Å². The molecule has 7 heteroatoms. The monoisotopic (exact) mass is 427 g/mol. The van der Waals surface area contributed by atoms with Gasteiger partial charge in [-0.2, -0.15) is 0 Å². The first-order chi connectivity index (χ1) is 14.7. The first-order valence-electron chi connectivity index (χ1n) is 11.2. The smallest absolute Gasteiger partial charge is 0.257 e. The van der Waals surface area contributed by atoms with Crippen LogP contribution in [0, 0.1) is 5.92 Å². The molecule has 1 unspecified atom stereocenters. The number of hydrogen-bond acceptors (Lipinski definition) is 4. The van der Waals surface area contributed by atoms with E-state index in [1.165, 1.54) is 11.8 Å². The van der Waals surface area contributed by atoms with Crippen LogP contribution in [0.15, 0.2) is 24.3 Å². The maximum Gasteiger partial charge on any atom is 0.257 e. The Hall–Kier alpha value is -2.70. The van der Waals surface area contributed by atoms with Crippen molar-refractivity contribution in [2.24, 2.45) is 5.92 Å². The summed E-state index contributed by atoms with van der Waals surface area (Å²) in [6.07, 6.45) is 5.58. The number of imide groups is 1. The van der Waals surface area contributed by atoms with E-state index in [1.807, 2.05) is 20.8 Å². The Morgan fingerprint density at radius 2 is 1.71 bits per heavy atom. The predicted octanol–water partition coefficient (Wildman–Crippen LogP) is 3.87. The van der Waals surface area contributed by atoms with Crippen LogP contribution in [-0.2, 0) is 19.2 Å². The highest BCUT2D eigenvalue weighted by Gasteiger charge is 2.49. The molecule has 1 atom stereocenters. The summed E-state index contributed by atoms with van der Waals surface area (Å²) in [4.78, 5) is 53.9. The molecule has 168 valence electrons. The molecule has 0 bridgehead atoms. The molecule has 7 nitrogen and oxygen atoms in total. The Kier molecular flexibility index (Phi) is 6.82. The van der Waals surface area contributed by atoms with Gasteiger partial charge in [0.1, 0.15) is 6.04 Å². The molecule has 2 aliphatic rings. The van der Waals surface area contributed by atoms with E-state index in [0.29, 0.717) is 17.8 Å². The lowest BCUT2D eigenvalue weighted by molar-refractivity contribution is -0.149. The highest BCUT2D eigenvalue weighted by atomic mass is 16.2. The maximum absolute atomic E-state index is 13.5. The topological polar surface area (TPSA) is 86.8 Å². The van der Waals surface area contributed by atoms with Crippen LogP contribution in [0.25, 0.3) is 0 Å². The quantitative estimate of drug-likeness (QED) is 0.698. The van der Waals surface area contributed by atoms with Gasteiger partial charge in [0.2, 0.25) is 17.7 Å². The fourth-order valence-corrected chi connectivity index (χ4v) is 4.58. The Balaban J connectivity index is 1.87. The van der Waals surface area contributed by atoms with Gasteiger partial charge in [0.05, 0.1) is 12.1 Å². The van der Waals surface area contributed by atoms with Gasteiger partial charge in [0, 0.05) is 24.1 Å². The third kappa shape index (κ3) is 4.81. The number of hydrogen-bond donors (Lipinski definition) is 1. The van der Waals surface area contributed by atoms with Crippen molar-refractivity contribution in [3.05, 3.63) is 24.3 Å². The summed E-state index contributed by atoms with van der Waals surface area (Å²) in [6, 6.07) is 5.81. The van der Waals surface area contributed by atoms with Gasteiger partial charge in [-0.1, -0.05) is 26.2 Å². The fraction of sp³-hybridized carbons (Fsp3) is 0.583. The number of benzene rings is 1. The zero-order chi connectivity index (χ0) is 22.8. The number of nitrogens with zero attached hydrogens (tertiary/aromatic N) is 2. The molecule has 3 rings (SSSR count). The molecular formula is C24H33N3O4. The van der Waals surface area contributed by atoms with E-state index in [0.717, 1.165) is 32.1 Å². The van der Waals surface area contributed by atoms with Crippen LogP contribution in [0.3, 0.4) is 0 Å². The summed E-state index contributed by atoms with van der Waals surface area (Å²) in [5.74, 6) is -0.938. The van der Waals surface area contributed by atoms with Crippen LogP contribution in [-0.4, -0.2) is 40.1 Å². The molecule has 2 fully saturated rings. The van der Waals surface area contributed by atoms with Crippen molar-refractivity contribution < 1.29 is 19.2 Å². The summed E-state index contributed by atoms with van der Waals surface area (Å²) >= 11 is 0. The Bertz CT molecular complexity index is 856. The molecule has 1 aliphatic heterocycles. The second kappa shape index (κ2) is 9.20. The van der Waals surface area contributed by atoms with Gasteiger partial charge in [0.25, 0.3) is 5.91 Å². The summed E-state index contributed by atoms with van der Waals surface area (Å²) < 4.78 is 0. The molecule has 1 saturated heterocycles. The van der Waals surface area contributed by atoms with Crippen LogP contribution in [0.2, 0.25) is 0 Å². The van der Waals surface area contributed by atoms with Crippen molar-refractivity contribution in [2.75, 3.05) is 10.2 Å². The first-order valence-corrected chi connectivity index (χ1v) is 11.2. The third-order valence-electron chi connectivity index (χ3n) is 6.59. The molecule has 0 radical (unpaired) electrons. The normalized spacial score (nSPS) is 20.1. The third-order valence-corrected chi connectivity index (χ3v) is 6.59. The Morgan fingerprint density at radius 1 is 1.10 bits per heavy atom. The number of anilines is 2. The van der Waals surface area contributed by atoms with Gasteiger partial charge in [-0.05, 0) is 57.4 Å². The summed E-state index contributed by atoms with van der Waals surface area (Å²) in [5.41, 5.74) is 0.513. The van der Waals surface area contributed by atoms with Crippen molar-refractivity contribution in [1.29, 1.82) is 0 Å². The molecule has 31 heavy (non-hydrogen) atoms. The van der Waals surface area contributed by atoms with Crippen LogP contribution >= 0.6 is 0 Å². The zero-order valence-electron chi connectivity index (χ0n) is 18.9. The average molecular weight is 428 g/mol. The molecule has 0 aromatic heterocycles. The fourth-order valence-electron chi connectivity index (χ4n) is 4.58. The van der Waals surface area contributed by atoms with Gasteiger partial charge in [0.15, 0.2) is 0 Å². The van der Waals surface area contributed by atoms with E-state index in [1.54, 1.807) is 29.2 Å². The molecule has 0 spiro atoms. The van der Waals surface area contributed by atoms with E-state index in [2.05, 4.69) is 5.32 Å². The van der Waals surface area contributed by atoms with E-state index in [4.69, 9.17) is 0 Å². The Labute approximate surface area is 184 Å². The summed E-state index contributed by atoms with van der Waals surface area (Å²) in [5, 5.41) is 2.67. The lowest BCUT2D eigenvalue weighted by Crippen LogP contribution is -2.57. The van der Waals surface area contributed by atoms with Crippen LogP contribution in [0.5, 0.6) is 0 Å². The van der Waals surface area contributed by atoms with Crippen molar-refractivity contribution >= 4 is 35.0 Å². The molecular weight excluding hydrogens is 394 g/mol. The summed E-state index contributed by atoms with van der Waals surface area (Å²) in [6.45, 7) is 7.35. The number of rotatable bonds is 6. The maximum atomic E-state index is 13.5. The molecule has 1 saturated carbocycles. The molecule has 1 aromatic rings. The second-order valence-electron chi connectivity index (χ2n) is 9.22. The van der Waals surface area contributed by atoms with Crippen LogP contribution < -0.4 is 10.2 Å². The van der Waals surface area contributed by atoms with Crippen LogP contribution in [0.1, 0.15) is 72.6 Å². The van der Waals surface area contributed by atoms with Gasteiger partial charge >= 0.3 is 0 Å². The molecule has 1 aliphatic carbocycles. The van der Waals surface area contributed by atoms with E-state index in [-0.39, 0.29) is 36.0 Å². The number of amides is 4. The predicted molar refractivity (Wildman–Crippen MR) is 119 cm³/mol. The van der Waals surface area contributed by atoms with Crippen molar-refractivity contribution in [3.63, 3.8) is 0 Å². The highest BCUT2D eigenvalue weighted by molar-refractivity contribution is 6.23. The lowest BCUT2D eigenvalue weighted by Gasteiger charge is -2.43. The van der Waals surface area contributed by atoms with E-state index >= 15 is 0 Å². The minimum Gasteiger partial charge on any atom is -0.326 e. The van der Waals surface area contributed by atoms with Crippen molar-refractivity contribution in [2.45, 2.75) is 84.2 Å². The average Bonchev–Trinajstić information content (AvgIpc) is 3.02. The molecule has 4 amide bonds. The second-order valence-corrected chi connectivity index (χ2v) is 9.22. The zero-order valence-corrected chi connectivity index (χ0v) is 18.9. The summed E-state index contributed by atoms with van der Waals surface area (Å²) in [7, 11) is 0. The minimum absolute atomic E-state index is 0.000515. The first kappa shape index (κ1) is 23.0. The Morgan fingerprint density at radius 3 is 2.26 bits per heavy atom.